The van der Waals surface area contributed by atoms with E-state index in [-0.39, 0.29) is 6.09 Å². The number of rotatable bonds is 4. The van der Waals surface area contributed by atoms with E-state index in [1.165, 1.54) is 4.88 Å². The third-order valence-electron chi connectivity index (χ3n) is 4.54. The molecule has 0 bridgehead atoms. The van der Waals surface area contributed by atoms with Gasteiger partial charge >= 0.3 is 6.09 Å². The highest BCUT2D eigenvalue weighted by Gasteiger charge is 2.25. The molecule has 152 valence electrons. The van der Waals surface area contributed by atoms with Crippen LogP contribution in [0.1, 0.15) is 37.6 Å². The lowest BCUT2D eigenvalue weighted by molar-refractivity contribution is 0.0270. The van der Waals surface area contributed by atoms with Crippen LogP contribution in [0.5, 0.6) is 0 Å². The van der Waals surface area contributed by atoms with Crippen LogP contribution in [0.3, 0.4) is 0 Å². The van der Waals surface area contributed by atoms with Crippen molar-refractivity contribution in [3.8, 4) is 0 Å². The van der Waals surface area contributed by atoms with E-state index in [4.69, 9.17) is 4.74 Å². The fraction of sp³-hybridized carbons (Fsp3) is 0.400. The predicted molar refractivity (Wildman–Crippen MR) is 113 cm³/mol. The topological polar surface area (TPSA) is 84.7 Å². The van der Waals surface area contributed by atoms with E-state index in [2.05, 4.69) is 31.9 Å². The average Bonchev–Trinajstić information content (AvgIpc) is 3.37. The summed E-state index contributed by atoms with van der Waals surface area (Å²) in [6.07, 6.45) is 5.96. The van der Waals surface area contributed by atoms with Crippen LogP contribution in [0.2, 0.25) is 0 Å². The minimum absolute atomic E-state index is 0.285. The summed E-state index contributed by atoms with van der Waals surface area (Å²) in [4.78, 5) is 19.8. The maximum Gasteiger partial charge on any atom is 0.410 e. The molecule has 0 radical (unpaired) electrons. The predicted octanol–water partition coefficient (Wildman–Crippen LogP) is 3.82. The van der Waals surface area contributed by atoms with Gasteiger partial charge in [0.1, 0.15) is 11.9 Å². The maximum absolute atomic E-state index is 12.3. The van der Waals surface area contributed by atoms with Gasteiger partial charge in [0, 0.05) is 29.7 Å². The second-order valence-corrected chi connectivity index (χ2v) is 8.89. The van der Waals surface area contributed by atoms with E-state index in [1.807, 2.05) is 43.5 Å². The fourth-order valence-electron chi connectivity index (χ4n) is 3.16. The highest BCUT2D eigenvalue weighted by Crippen LogP contribution is 2.27. The van der Waals surface area contributed by atoms with Crippen molar-refractivity contribution in [2.45, 2.75) is 39.3 Å². The number of fused-ring (bicyclic) bond motifs is 1. The molecule has 4 heterocycles. The molecule has 0 aromatic carbocycles. The van der Waals surface area contributed by atoms with Crippen molar-refractivity contribution in [1.29, 1.82) is 0 Å². The number of anilines is 1. The Morgan fingerprint density at radius 3 is 2.93 bits per heavy atom. The molecule has 3 aromatic rings. The van der Waals surface area contributed by atoms with Crippen LogP contribution in [0, 0.1) is 0 Å². The van der Waals surface area contributed by atoms with Gasteiger partial charge in [0.05, 0.1) is 6.54 Å². The number of hydrogen-bond acceptors (Lipinski definition) is 7. The van der Waals surface area contributed by atoms with Crippen LogP contribution in [0.4, 0.5) is 10.7 Å². The van der Waals surface area contributed by atoms with Crippen LogP contribution in [-0.4, -0.2) is 49.3 Å². The van der Waals surface area contributed by atoms with Gasteiger partial charge < -0.3 is 15.0 Å². The van der Waals surface area contributed by atoms with Crippen LogP contribution in [0.25, 0.3) is 11.2 Å². The highest BCUT2D eigenvalue weighted by atomic mass is 32.1. The molecule has 0 atom stereocenters. The molecule has 29 heavy (non-hydrogen) atoms. The summed E-state index contributed by atoms with van der Waals surface area (Å²) in [5, 5.41) is 13.8. The smallest absolute Gasteiger partial charge is 0.410 e. The van der Waals surface area contributed by atoms with Gasteiger partial charge in [0.2, 0.25) is 5.95 Å². The highest BCUT2D eigenvalue weighted by molar-refractivity contribution is 7.09. The zero-order valence-corrected chi connectivity index (χ0v) is 17.6. The number of thiophene rings is 1. The Kier molecular flexibility index (Phi) is 5.23. The molecule has 0 unspecified atom stereocenters. The molecule has 3 aromatic heterocycles. The van der Waals surface area contributed by atoms with E-state index in [1.54, 1.807) is 22.6 Å². The van der Waals surface area contributed by atoms with Crippen molar-refractivity contribution in [1.82, 2.24) is 24.5 Å². The zero-order valence-electron chi connectivity index (χ0n) is 16.8. The van der Waals surface area contributed by atoms with Gasteiger partial charge in [-0.05, 0) is 44.2 Å². The van der Waals surface area contributed by atoms with E-state index in [0.29, 0.717) is 32.0 Å². The van der Waals surface area contributed by atoms with E-state index >= 15 is 0 Å². The van der Waals surface area contributed by atoms with Crippen LogP contribution >= 0.6 is 11.3 Å². The van der Waals surface area contributed by atoms with Crippen molar-refractivity contribution in [3.63, 3.8) is 0 Å². The van der Waals surface area contributed by atoms with Crippen molar-refractivity contribution >= 4 is 34.6 Å². The number of nitrogens with zero attached hydrogens (tertiary/aromatic N) is 5. The molecule has 1 amide bonds. The molecule has 0 fully saturated rings. The summed E-state index contributed by atoms with van der Waals surface area (Å²) in [6, 6.07) is 4.11. The quantitative estimate of drug-likeness (QED) is 0.701. The van der Waals surface area contributed by atoms with Crippen molar-refractivity contribution in [3.05, 3.63) is 46.6 Å². The van der Waals surface area contributed by atoms with Gasteiger partial charge in [-0.2, -0.15) is 0 Å². The number of ether oxygens (including phenoxy) is 1. The lowest BCUT2D eigenvalue weighted by Gasteiger charge is -2.29. The average molecular weight is 413 g/mol. The first-order valence-corrected chi connectivity index (χ1v) is 10.4. The Bertz CT molecular complexity index is 1040. The summed E-state index contributed by atoms with van der Waals surface area (Å²) in [7, 11) is 0. The van der Waals surface area contributed by atoms with Crippen molar-refractivity contribution in [2.24, 2.45) is 0 Å². The molecule has 1 aliphatic heterocycles. The summed E-state index contributed by atoms with van der Waals surface area (Å²) < 4.78 is 7.33. The fourth-order valence-corrected chi connectivity index (χ4v) is 3.81. The Hall–Kier alpha value is -2.94. The minimum Gasteiger partial charge on any atom is -0.444 e. The third-order valence-corrected chi connectivity index (χ3v) is 5.42. The number of carbonyl (C=O) groups is 1. The van der Waals surface area contributed by atoms with E-state index < -0.39 is 5.60 Å². The molecule has 1 aliphatic rings. The van der Waals surface area contributed by atoms with Gasteiger partial charge in [-0.15, -0.1) is 21.5 Å². The monoisotopic (exact) mass is 412 g/mol. The van der Waals surface area contributed by atoms with Crippen molar-refractivity contribution < 1.29 is 9.53 Å². The first-order chi connectivity index (χ1) is 13.9. The maximum atomic E-state index is 12.3. The SMILES string of the molecule is CC(C)(C)OC(=O)N1CC=C(c2cnc(NCc3cccs3)n3cnnc23)CC1. The molecule has 9 heteroatoms. The largest absolute Gasteiger partial charge is 0.444 e. The summed E-state index contributed by atoms with van der Waals surface area (Å²) in [6.45, 7) is 7.42. The number of carbonyl (C=O) groups excluding carboxylic acids is 1. The summed E-state index contributed by atoms with van der Waals surface area (Å²) in [5.74, 6) is 0.703. The van der Waals surface area contributed by atoms with Crippen LogP contribution in [-0.2, 0) is 11.3 Å². The zero-order chi connectivity index (χ0) is 20.4. The summed E-state index contributed by atoms with van der Waals surface area (Å²) in [5.41, 5.74) is 2.31. The molecule has 8 nitrogen and oxygen atoms in total. The standard InChI is InChI=1S/C20H24N6O2S/c1-20(2,3)28-19(27)25-8-6-14(7-9-25)16-12-22-18(26-13-23-24-17(16)26)21-11-15-5-4-10-29-15/h4-6,10,12-13H,7-9,11H2,1-3H3,(H,21,22). The van der Waals surface area contributed by atoms with Gasteiger partial charge in [-0.25, -0.2) is 9.78 Å². The number of aromatic nitrogens is 4. The molecule has 0 spiro atoms. The van der Waals surface area contributed by atoms with Crippen molar-refractivity contribution in [2.75, 3.05) is 18.4 Å². The van der Waals surface area contributed by atoms with Gasteiger partial charge in [-0.3, -0.25) is 4.40 Å². The Labute approximate surface area is 173 Å². The molecular weight excluding hydrogens is 388 g/mol. The Morgan fingerprint density at radius 2 is 2.24 bits per heavy atom. The molecule has 0 saturated carbocycles. The summed E-state index contributed by atoms with van der Waals surface area (Å²) >= 11 is 1.70. The molecule has 0 aliphatic carbocycles. The minimum atomic E-state index is -0.495. The number of nitrogens with one attached hydrogen (secondary N) is 1. The number of amides is 1. The Morgan fingerprint density at radius 1 is 1.38 bits per heavy atom. The molecule has 0 saturated heterocycles. The third kappa shape index (κ3) is 4.40. The first kappa shape index (κ1) is 19.4. The number of hydrogen-bond donors (Lipinski definition) is 1. The lowest BCUT2D eigenvalue weighted by Crippen LogP contribution is -2.39. The molecular formula is C20H24N6O2S. The second-order valence-electron chi connectivity index (χ2n) is 7.86. The van der Waals surface area contributed by atoms with Gasteiger partial charge in [0.15, 0.2) is 5.65 Å². The van der Waals surface area contributed by atoms with E-state index in [0.717, 1.165) is 16.8 Å². The van der Waals surface area contributed by atoms with Gasteiger partial charge in [0.25, 0.3) is 0 Å². The van der Waals surface area contributed by atoms with Gasteiger partial charge in [-0.1, -0.05) is 12.1 Å². The first-order valence-electron chi connectivity index (χ1n) is 9.53. The van der Waals surface area contributed by atoms with E-state index in [9.17, 15) is 4.79 Å². The normalized spacial score (nSPS) is 14.7. The Balaban J connectivity index is 1.51. The second kappa shape index (κ2) is 7.82. The molecule has 4 rings (SSSR count). The van der Waals surface area contributed by atoms with Crippen LogP contribution in [0.15, 0.2) is 36.1 Å². The van der Waals surface area contributed by atoms with Crippen LogP contribution < -0.4 is 5.32 Å². The lowest BCUT2D eigenvalue weighted by atomic mass is 10.0. The molecule has 1 N–H and O–H groups in total.